The molecule has 20 heavy (non-hydrogen) atoms. The van der Waals surface area contributed by atoms with E-state index < -0.39 is 0 Å². The van der Waals surface area contributed by atoms with Gasteiger partial charge in [-0.15, -0.1) is 0 Å². The van der Waals surface area contributed by atoms with Gasteiger partial charge in [0.15, 0.2) is 0 Å². The Kier molecular flexibility index (Phi) is 3.45. The first-order chi connectivity index (χ1) is 9.69. The number of rotatable bonds is 3. The number of likely N-dealkylation sites (tertiary alicyclic amines) is 1. The molecular formula is C16H19N3O. The average molecular weight is 269 g/mol. The predicted molar refractivity (Wildman–Crippen MR) is 77.1 cm³/mol. The van der Waals surface area contributed by atoms with Crippen LogP contribution in [0.25, 0.3) is 0 Å². The zero-order valence-corrected chi connectivity index (χ0v) is 11.7. The minimum Gasteiger partial charge on any atom is -0.324 e. The van der Waals surface area contributed by atoms with Gasteiger partial charge in [-0.25, -0.2) is 0 Å². The maximum absolute atomic E-state index is 12.4. The number of benzene rings is 1. The lowest BCUT2D eigenvalue weighted by Crippen LogP contribution is -2.46. The number of anilines is 1. The van der Waals surface area contributed by atoms with Crippen LogP contribution in [-0.4, -0.2) is 29.4 Å². The fourth-order valence-corrected chi connectivity index (χ4v) is 3.51. The van der Waals surface area contributed by atoms with Crippen molar-refractivity contribution in [2.24, 2.45) is 5.92 Å². The van der Waals surface area contributed by atoms with Gasteiger partial charge in [0.25, 0.3) is 0 Å². The number of piperidine rings is 1. The van der Waals surface area contributed by atoms with Crippen molar-refractivity contribution < 1.29 is 4.79 Å². The Morgan fingerprint density at radius 3 is 2.90 bits per heavy atom. The highest BCUT2D eigenvalue weighted by Crippen LogP contribution is 2.38. The quantitative estimate of drug-likeness (QED) is 0.916. The fraction of sp³-hybridized carbons (Fsp3) is 0.500. The number of nitrogens with zero attached hydrogens (tertiary/aromatic N) is 2. The van der Waals surface area contributed by atoms with Crippen LogP contribution in [0.2, 0.25) is 0 Å². The Labute approximate surface area is 119 Å². The molecule has 104 valence electrons. The highest BCUT2D eigenvalue weighted by molar-refractivity contribution is 5.95. The average Bonchev–Trinajstić information content (AvgIpc) is 3.09. The molecule has 1 amide bonds. The summed E-state index contributed by atoms with van der Waals surface area (Å²) in [5, 5.41) is 12.0. The van der Waals surface area contributed by atoms with E-state index in [-0.39, 0.29) is 11.9 Å². The second-order valence-electron chi connectivity index (χ2n) is 5.85. The van der Waals surface area contributed by atoms with Crippen molar-refractivity contribution in [1.82, 2.24) is 4.90 Å². The highest BCUT2D eigenvalue weighted by atomic mass is 16.2. The summed E-state index contributed by atoms with van der Waals surface area (Å²) >= 11 is 0. The third-order valence-corrected chi connectivity index (χ3v) is 4.63. The molecule has 2 aliphatic rings. The number of hydrogen-bond donors (Lipinski definition) is 1. The van der Waals surface area contributed by atoms with Gasteiger partial charge in [0, 0.05) is 12.6 Å². The molecule has 1 aromatic carbocycles. The number of nitriles is 1. The standard InChI is InChI=1S/C16H19N3O/c1-11(19-10-12-6-7-14(19)8-12)16(20)18-15-5-3-2-4-13(15)9-17/h2-5,11-12,14H,6-8,10H2,1H3,(H,18,20). The van der Waals surface area contributed by atoms with Crippen molar-refractivity contribution in [3.63, 3.8) is 0 Å². The van der Waals surface area contributed by atoms with Crippen molar-refractivity contribution in [2.75, 3.05) is 11.9 Å². The van der Waals surface area contributed by atoms with Crippen LogP contribution < -0.4 is 5.32 Å². The number of carbonyl (C=O) groups excluding carboxylic acids is 1. The Morgan fingerprint density at radius 1 is 1.45 bits per heavy atom. The molecule has 2 fully saturated rings. The van der Waals surface area contributed by atoms with Crippen LogP contribution in [0.1, 0.15) is 31.7 Å². The number of fused-ring (bicyclic) bond motifs is 2. The molecule has 1 saturated heterocycles. The summed E-state index contributed by atoms with van der Waals surface area (Å²) in [4.78, 5) is 14.7. The Bertz CT molecular complexity index is 563. The largest absolute Gasteiger partial charge is 0.324 e. The molecule has 3 rings (SSSR count). The van der Waals surface area contributed by atoms with Crippen LogP contribution in [0.15, 0.2) is 24.3 Å². The first-order valence-corrected chi connectivity index (χ1v) is 7.24. The normalized spacial score (nSPS) is 26.2. The molecule has 3 unspecified atom stereocenters. The summed E-state index contributed by atoms with van der Waals surface area (Å²) in [7, 11) is 0. The summed E-state index contributed by atoms with van der Waals surface area (Å²) < 4.78 is 0. The summed E-state index contributed by atoms with van der Waals surface area (Å²) in [6.07, 6.45) is 3.77. The second-order valence-corrected chi connectivity index (χ2v) is 5.85. The van der Waals surface area contributed by atoms with Crippen LogP contribution in [0, 0.1) is 17.2 Å². The van der Waals surface area contributed by atoms with Crippen LogP contribution >= 0.6 is 0 Å². The molecule has 4 nitrogen and oxygen atoms in total. The van der Waals surface area contributed by atoms with Gasteiger partial charge in [-0.3, -0.25) is 9.69 Å². The van der Waals surface area contributed by atoms with Gasteiger partial charge in [-0.05, 0) is 44.2 Å². The second kappa shape index (κ2) is 5.26. The molecule has 1 saturated carbocycles. The number of nitrogens with one attached hydrogen (secondary N) is 1. The maximum Gasteiger partial charge on any atom is 0.241 e. The smallest absolute Gasteiger partial charge is 0.241 e. The molecule has 0 radical (unpaired) electrons. The molecule has 4 heteroatoms. The van der Waals surface area contributed by atoms with Gasteiger partial charge in [0.1, 0.15) is 6.07 Å². The van der Waals surface area contributed by atoms with Crippen molar-refractivity contribution in [3.8, 4) is 6.07 Å². The molecule has 1 aromatic rings. The van der Waals surface area contributed by atoms with Crippen molar-refractivity contribution in [3.05, 3.63) is 29.8 Å². The van der Waals surface area contributed by atoms with Gasteiger partial charge in [-0.2, -0.15) is 5.26 Å². The van der Waals surface area contributed by atoms with Gasteiger partial charge >= 0.3 is 0 Å². The fourth-order valence-electron chi connectivity index (χ4n) is 3.51. The van der Waals surface area contributed by atoms with E-state index in [0.29, 0.717) is 17.3 Å². The lowest BCUT2D eigenvalue weighted by atomic mass is 10.1. The minimum atomic E-state index is -0.128. The molecule has 0 aromatic heterocycles. The lowest BCUT2D eigenvalue weighted by molar-refractivity contribution is -0.121. The van der Waals surface area contributed by atoms with E-state index in [2.05, 4.69) is 16.3 Å². The van der Waals surface area contributed by atoms with Crippen LogP contribution in [0.4, 0.5) is 5.69 Å². The maximum atomic E-state index is 12.4. The Morgan fingerprint density at radius 2 is 2.25 bits per heavy atom. The molecule has 1 aliphatic heterocycles. The van der Waals surface area contributed by atoms with Gasteiger partial charge in [0.05, 0.1) is 17.3 Å². The highest BCUT2D eigenvalue weighted by Gasteiger charge is 2.41. The lowest BCUT2D eigenvalue weighted by Gasteiger charge is -2.31. The van der Waals surface area contributed by atoms with Crippen LogP contribution in [-0.2, 0) is 4.79 Å². The number of para-hydroxylation sites is 1. The monoisotopic (exact) mass is 269 g/mol. The van der Waals surface area contributed by atoms with E-state index >= 15 is 0 Å². The summed E-state index contributed by atoms with van der Waals surface area (Å²) in [5.41, 5.74) is 1.12. The molecule has 2 bridgehead atoms. The molecule has 1 aliphatic carbocycles. The van der Waals surface area contributed by atoms with Crippen molar-refractivity contribution >= 4 is 11.6 Å². The van der Waals surface area contributed by atoms with E-state index in [1.54, 1.807) is 18.2 Å². The van der Waals surface area contributed by atoms with E-state index in [9.17, 15) is 4.79 Å². The van der Waals surface area contributed by atoms with Gasteiger partial charge in [0.2, 0.25) is 5.91 Å². The molecule has 1 N–H and O–H groups in total. The zero-order chi connectivity index (χ0) is 14.1. The van der Waals surface area contributed by atoms with E-state index in [1.807, 2.05) is 13.0 Å². The van der Waals surface area contributed by atoms with E-state index in [1.165, 1.54) is 19.3 Å². The Hall–Kier alpha value is -1.86. The first-order valence-electron chi connectivity index (χ1n) is 7.24. The van der Waals surface area contributed by atoms with E-state index in [0.717, 1.165) is 12.5 Å². The summed E-state index contributed by atoms with van der Waals surface area (Å²) in [6, 6.07) is 9.69. The minimum absolute atomic E-state index is 0.0137. The third-order valence-electron chi connectivity index (χ3n) is 4.63. The Balaban J connectivity index is 1.69. The molecule has 0 spiro atoms. The number of hydrogen-bond acceptors (Lipinski definition) is 3. The third kappa shape index (κ3) is 2.30. The molecular weight excluding hydrogens is 250 g/mol. The molecule has 1 heterocycles. The number of amides is 1. The summed E-state index contributed by atoms with van der Waals surface area (Å²) in [5.74, 6) is 0.766. The zero-order valence-electron chi connectivity index (χ0n) is 11.7. The van der Waals surface area contributed by atoms with Gasteiger partial charge < -0.3 is 5.32 Å². The predicted octanol–water partition coefficient (Wildman–Crippen LogP) is 2.37. The van der Waals surface area contributed by atoms with Gasteiger partial charge in [-0.1, -0.05) is 12.1 Å². The first kappa shape index (κ1) is 13.1. The molecule has 3 atom stereocenters. The number of carbonyl (C=O) groups is 1. The van der Waals surface area contributed by atoms with E-state index in [4.69, 9.17) is 5.26 Å². The topological polar surface area (TPSA) is 56.1 Å². The SMILES string of the molecule is CC(C(=O)Nc1ccccc1C#N)N1CC2CCC1C2. The van der Waals surface area contributed by atoms with Crippen LogP contribution in [0.5, 0.6) is 0 Å². The van der Waals surface area contributed by atoms with Crippen molar-refractivity contribution in [1.29, 1.82) is 5.26 Å². The van der Waals surface area contributed by atoms with Crippen molar-refractivity contribution in [2.45, 2.75) is 38.3 Å². The van der Waals surface area contributed by atoms with Crippen LogP contribution in [0.3, 0.4) is 0 Å². The summed E-state index contributed by atoms with van der Waals surface area (Å²) in [6.45, 7) is 3.00.